The lowest BCUT2D eigenvalue weighted by Gasteiger charge is -2.00. The molecule has 0 aliphatic carbocycles. The summed E-state index contributed by atoms with van der Waals surface area (Å²) < 4.78 is 0. The van der Waals surface area contributed by atoms with Crippen molar-refractivity contribution in [2.45, 2.75) is 19.6 Å². The van der Waals surface area contributed by atoms with Crippen molar-refractivity contribution in [1.82, 2.24) is 5.32 Å². The Morgan fingerprint density at radius 3 is 2.93 bits per heavy atom. The fourth-order valence-electron chi connectivity index (χ4n) is 1.56. The Kier molecular flexibility index (Phi) is 3.77. The molecule has 0 amide bonds. The predicted octanol–water partition coefficient (Wildman–Crippen LogP) is 2.52. The lowest BCUT2D eigenvalue weighted by Crippen LogP contribution is -1.99. The minimum absolute atomic E-state index is 0. The van der Waals surface area contributed by atoms with Crippen molar-refractivity contribution in [1.29, 1.82) is 0 Å². The van der Waals surface area contributed by atoms with E-state index in [4.69, 9.17) is 5.53 Å². The number of fused-ring (bicyclic) bond motifs is 1. The van der Waals surface area contributed by atoms with Gasteiger partial charge in [0.15, 0.2) is 0 Å². The first-order chi connectivity index (χ1) is 6.40. The van der Waals surface area contributed by atoms with E-state index in [0.29, 0.717) is 6.54 Å². The molecule has 0 spiro atoms. The van der Waals surface area contributed by atoms with Crippen LogP contribution in [-0.4, -0.2) is 0 Å². The summed E-state index contributed by atoms with van der Waals surface area (Å²) in [6, 6.07) is 6.21. The number of hydrogen-bond donors (Lipinski definition) is 1. The van der Waals surface area contributed by atoms with Gasteiger partial charge in [-0.1, -0.05) is 23.3 Å². The normalized spacial score (nSPS) is 12.6. The first kappa shape index (κ1) is 10.9. The topological polar surface area (TPSA) is 60.8 Å². The van der Waals surface area contributed by atoms with E-state index in [9.17, 15) is 0 Å². The molecule has 1 heterocycles. The van der Waals surface area contributed by atoms with E-state index < -0.39 is 0 Å². The first-order valence-electron chi connectivity index (χ1n) is 4.22. The molecule has 0 saturated carbocycles. The second-order valence-corrected chi connectivity index (χ2v) is 3.10. The summed E-state index contributed by atoms with van der Waals surface area (Å²) >= 11 is 0. The molecule has 1 N–H and O–H groups in total. The van der Waals surface area contributed by atoms with Crippen molar-refractivity contribution < 1.29 is 0 Å². The maximum Gasteiger partial charge on any atom is 0.0510 e. The third-order valence-corrected chi connectivity index (χ3v) is 2.22. The van der Waals surface area contributed by atoms with Gasteiger partial charge in [-0.25, -0.2) is 0 Å². The smallest absolute Gasteiger partial charge is 0.0510 e. The zero-order valence-electron chi connectivity index (χ0n) is 7.60. The molecule has 1 aliphatic heterocycles. The second kappa shape index (κ2) is 4.86. The van der Waals surface area contributed by atoms with Crippen LogP contribution < -0.4 is 5.32 Å². The fourth-order valence-corrected chi connectivity index (χ4v) is 1.56. The van der Waals surface area contributed by atoms with Crippen LogP contribution >= 0.6 is 12.4 Å². The van der Waals surface area contributed by atoms with Crippen LogP contribution in [0.4, 0.5) is 0 Å². The number of nitrogens with one attached hydrogen (secondary N) is 1. The Hall–Kier alpha value is -1.22. The summed E-state index contributed by atoms with van der Waals surface area (Å²) in [5, 5.41) is 6.80. The summed E-state index contributed by atoms with van der Waals surface area (Å²) in [4.78, 5) is 2.73. The Morgan fingerprint density at radius 1 is 1.36 bits per heavy atom. The largest absolute Gasteiger partial charge is 0.309 e. The van der Waals surface area contributed by atoms with Crippen LogP contribution in [0.15, 0.2) is 23.3 Å². The minimum Gasteiger partial charge on any atom is -0.309 e. The van der Waals surface area contributed by atoms with Crippen molar-refractivity contribution in [2.24, 2.45) is 5.11 Å². The molecule has 1 aromatic carbocycles. The van der Waals surface area contributed by atoms with Crippen molar-refractivity contribution >= 4 is 12.4 Å². The molecule has 0 aromatic heterocycles. The highest BCUT2D eigenvalue weighted by molar-refractivity contribution is 5.85. The molecule has 14 heavy (non-hydrogen) atoms. The van der Waals surface area contributed by atoms with Crippen molar-refractivity contribution in [3.63, 3.8) is 0 Å². The molecule has 0 bridgehead atoms. The van der Waals surface area contributed by atoms with Gasteiger partial charge in [0, 0.05) is 18.0 Å². The molecule has 0 unspecified atom stereocenters. The molecular formula is C9H11ClN4. The maximum absolute atomic E-state index is 8.17. The molecule has 4 nitrogen and oxygen atoms in total. The van der Waals surface area contributed by atoms with Crippen LogP contribution in [-0.2, 0) is 19.6 Å². The Labute approximate surface area is 88.4 Å². The van der Waals surface area contributed by atoms with Crippen LogP contribution in [0.5, 0.6) is 0 Å². The molecule has 0 saturated heterocycles. The van der Waals surface area contributed by atoms with Gasteiger partial charge in [-0.05, 0) is 22.2 Å². The number of benzene rings is 1. The van der Waals surface area contributed by atoms with E-state index in [-0.39, 0.29) is 12.4 Å². The predicted molar refractivity (Wildman–Crippen MR) is 57.1 cm³/mol. The number of azide groups is 1. The monoisotopic (exact) mass is 210 g/mol. The van der Waals surface area contributed by atoms with E-state index in [1.807, 2.05) is 6.07 Å². The van der Waals surface area contributed by atoms with Crippen molar-refractivity contribution in [2.75, 3.05) is 0 Å². The molecule has 0 fully saturated rings. The third-order valence-electron chi connectivity index (χ3n) is 2.22. The highest BCUT2D eigenvalue weighted by Gasteiger charge is 2.09. The Morgan fingerprint density at radius 2 is 2.14 bits per heavy atom. The van der Waals surface area contributed by atoms with Crippen LogP contribution in [0.1, 0.15) is 16.7 Å². The fraction of sp³-hybridized carbons (Fsp3) is 0.333. The van der Waals surface area contributed by atoms with Gasteiger partial charge in [-0.3, -0.25) is 0 Å². The highest BCUT2D eigenvalue weighted by Crippen LogP contribution is 2.17. The SMILES string of the molecule is Cl.[N-]=[N+]=NCc1ccc2c(c1)CNC2. The van der Waals surface area contributed by atoms with Crippen LogP contribution in [0.25, 0.3) is 10.4 Å². The van der Waals surface area contributed by atoms with Gasteiger partial charge in [0.25, 0.3) is 0 Å². The first-order valence-corrected chi connectivity index (χ1v) is 4.22. The van der Waals surface area contributed by atoms with E-state index in [1.165, 1.54) is 11.1 Å². The Balaban J connectivity index is 0.000000980. The summed E-state index contributed by atoms with van der Waals surface area (Å²) in [6.45, 7) is 2.33. The second-order valence-electron chi connectivity index (χ2n) is 3.10. The lowest BCUT2D eigenvalue weighted by molar-refractivity contribution is 0.764. The van der Waals surface area contributed by atoms with Crippen molar-refractivity contribution in [3.05, 3.63) is 45.3 Å². The van der Waals surface area contributed by atoms with Gasteiger partial charge in [-0.2, -0.15) is 0 Å². The van der Waals surface area contributed by atoms with Gasteiger partial charge < -0.3 is 5.32 Å². The summed E-state index contributed by atoms with van der Waals surface area (Å²) in [7, 11) is 0. The lowest BCUT2D eigenvalue weighted by atomic mass is 10.1. The number of rotatable bonds is 2. The van der Waals surface area contributed by atoms with Crippen LogP contribution in [0, 0.1) is 0 Å². The zero-order chi connectivity index (χ0) is 9.10. The molecule has 5 heteroatoms. The molecule has 2 rings (SSSR count). The average Bonchev–Trinajstić information content (AvgIpc) is 2.61. The van der Waals surface area contributed by atoms with Crippen LogP contribution in [0.2, 0.25) is 0 Å². The van der Waals surface area contributed by atoms with Crippen molar-refractivity contribution in [3.8, 4) is 0 Å². The number of hydrogen-bond acceptors (Lipinski definition) is 2. The molecule has 0 radical (unpaired) electrons. The molecule has 1 aliphatic rings. The highest BCUT2D eigenvalue weighted by atomic mass is 35.5. The third kappa shape index (κ3) is 2.17. The zero-order valence-corrected chi connectivity index (χ0v) is 8.42. The summed E-state index contributed by atoms with van der Waals surface area (Å²) in [6.07, 6.45) is 0. The van der Waals surface area contributed by atoms with Gasteiger partial charge in [-0.15, -0.1) is 12.4 Å². The number of halogens is 1. The minimum atomic E-state index is 0. The number of nitrogens with zero attached hydrogens (tertiary/aromatic N) is 3. The maximum atomic E-state index is 8.17. The van der Waals surface area contributed by atoms with E-state index in [1.54, 1.807) is 0 Å². The van der Waals surface area contributed by atoms with Gasteiger partial charge in [0.1, 0.15) is 0 Å². The molecule has 0 atom stereocenters. The Bertz CT molecular complexity index is 371. The quantitative estimate of drug-likeness (QED) is 0.455. The molecular weight excluding hydrogens is 200 g/mol. The van der Waals surface area contributed by atoms with E-state index >= 15 is 0 Å². The average molecular weight is 211 g/mol. The summed E-state index contributed by atoms with van der Waals surface area (Å²) in [5.74, 6) is 0. The van der Waals surface area contributed by atoms with E-state index in [0.717, 1.165) is 18.7 Å². The standard InChI is InChI=1S/C9H10N4.ClH/c10-13-12-4-7-1-2-8-5-11-6-9(8)3-7;/h1-3,11H,4-6H2;1H. The van der Waals surface area contributed by atoms with Gasteiger partial charge in [0.05, 0.1) is 6.54 Å². The molecule has 1 aromatic rings. The van der Waals surface area contributed by atoms with Crippen LogP contribution in [0.3, 0.4) is 0 Å². The summed E-state index contributed by atoms with van der Waals surface area (Å²) in [5.41, 5.74) is 11.9. The van der Waals surface area contributed by atoms with Gasteiger partial charge in [0.2, 0.25) is 0 Å². The van der Waals surface area contributed by atoms with E-state index in [2.05, 4.69) is 27.5 Å². The molecule has 74 valence electrons. The van der Waals surface area contributed by atoms with Gasteiger partial charge >= 0.3 is 0 Å².